The van der Waals surface area contributed by atoms with E-state index in [1.807, 2.05) is 0 Å². The molecule has 0 spiro atoms. The lowest BCUT2D eigenvalue weighted by molar-refractivity contribution is -0.104. The summed E-state index contributed by atoms with van der Waals surface area (Å²) in [5.41, 5.74) is -0.635. The molecule has 15 heavy (non-hydrogen) atoms. The van der Waals surface area contributed by atoms with Gasteiger partial charge in [0.25, 0.3) is 0 Å². The fourth-order valence-electron chi connectivity index (χ4n) is 1.61. The first-order valence-corrected chi connectivity index (χ1v) is 5.26. The highest BCUT2D eigenvalue weighted by atomic mass is 16.7. The van der Waals surface area contributed by atoms with Crippen LogP contribution in [0.1, 0.15) is 12.8 Å². The molecule has 1 rings (SSSR count). The molecule has 90 valence electrons. The molecule has 1 saturated heterocycles. The van der Waals surface area contributed by atoms with E-state index in [4.69, 9.17) is 14.2 Å². The maximum absolute atomic E-state index is 10.1. The average molecular weight is 219 g/mol. The summed E-state index contributed by atoms with van der Waals surface area (Å²) in [5, 5.41) is 13.2. The van der Waals surface area contributed by atoms with E-state index in [0.717, 1.165) is 0 Å². The molecular weight excluding hydrogens is 198 g/mol. The molecule has 0 saturated carbocycles. The van der Waals surface area contributed by atoms with Crippen molar-refractivity contribution in [1.82, 2.24) is 5.32 Å². The number of hydrogen-bond donors (Lipinski definition) is 2. The van der Waals surface area contributed by atoms with Crippen molar-refractivity contribution in [3.8, 4) is 0 Å². The molecule has 0 aromatic rings. The first-order chi connectivity index (χ1) is 7.20. The van der Waals surface area contributed by atoms with Crippen LogP contribution in [0.15, 0.2) is 0 Å². The number of hydrogen-bond acceptors (Lipinski definition) is 5. The third-order valence-electron chi connectivity index (χ3n) is 2.71. The van der Waals surface area contributed by atoms with Crippen molar-refractivity contribution in [3.63, 3.8) is 0 Å². The highest BCUT2D eigenvalue weighted by molar-refractivity contribution is 4.83. The standard InChI is InChI=1S/C10H21NO4/c1-13-9(14-2)7-11-8-10(12)3-5-15-6-4-10/h9,11-12H,3-8H2,1-2H3. The molecule has 1 heterocycles. The van der Waals surface area contributed by atoms with Gasteiger partial charge in [-0.1, -0.05) is 0 Å². The molecule has 1 fully saturated rings. The van der Waals surface area contributed by atoms with Gasteiger partial charge in [0.05, 0.1) is 5.60 Å². The van der Waals surface area contributed by atoms with E-state index in [1.165, 1.54) is 0 Å². The van der Waals surface area contributed by atoms with E-state index in [9.17, 15) is 5.11 Å². The van der Waals surface area contributed by atoms with E-state index in [1.54, 1.807) is 14.2 Å². The smallest absolute Gasteiger partial charge is 0.169 e. The lowest BCUT2D eigenvalue weighted by Crippen LogP contribution is -2.46. The highest BCUT2D eigenvalue weighted by Gasteiger charge is 2.29. The molecule has 0 bridgehead atoms. The van der Waals surface area contributed by atoms with Gasteiger partial charge in [-0.25, -0.2) is 0 Å². The predicted octanol–water partition coefficient (Wildman–Crippen LogP) is -0.264. The lowest BCUT2D eigenvalue weighted by atomic mass is 9.94. The van der Waals surface area contributed by atoms with Gasteiger partial charge in [-0.2, -0.15) is 0 Å². The van der Waals surface area contributed by atoms with E-state index in [0.29, 0.717) is 39.1 Å². The predicted molar refractivity (Wildman–Crippen MR) is 55.7 cm³/mol. The molecule has 5 nitrogen and oxygen atoms in total. The Morgan fingerprint density at radius 1 is 1.33 bits per heavy atom. The summed E-state index contributed by atoms with van der Waals surface area (Å²) in [5.74, 6) is 0. The van der Waals surface area contributed by atoms with Gasteiger partial charge in [0, 0.05) is 53.4 Å². The Bertz CT molecular complexity index is 167. The van der Waals surface area contributed by atoms with Gasteiger partial charge in [0.15, 0.2) is 6.29 Å². The summed E-state index contributed by atoms with van der Waals surface area (Å²) in [4.78, 5) is 0. The molecule has 5 heteroatoms. The van der Waals surface area contributed by atoms with Crippen LogP contribution in [-0.2, 0) is 14.2 Å². The van der Waals surface area contributed by atoms with Gasteiger partial charge in [-0.05, 0) is 0 Å². The molecule has 1 aliphatic rings. The minimum Gasteiger partial charge on any atom is -0.388 e. The second-order valence-corrected chi connectivity index (χ2v) is 3.87. The molecule has 0 amide bonds. The van der Waals surface area contributed by atoms with Gasteiger partial charge in [0.2, 0.25) is 0 Å². The Labute approximate surface area is 90.7 Å². The number of methoxy groups -OCH3 is 2. The van der Waals surface area contributed by atoms with Crippen molar-refractivity contribution in [2.24, 2.45) is 0 Å². The average Bonchev–Trinajstić information content (AvgIpc) is 2.25. The molecule has 2 N–H and O–H groups in total. The van der Waals surface area contributed by atoms with Crippen LogP contribution in [0, 0.1) is 0 Å². The summed E-state index contributed by atoms with van der Waals surface area (Å²) in [7, 11) is 3.19. The van der Waals surface area contributed by atoms with Crippen molar-refractivity contribution in [2.45, 2.75) is 24.7 Å². The zero-order valence-electron chi connectivity index (χ0n) is 9.49. The van der Waals surface area contributed by atoms with E-state index in [-0.39, 0.29) is 6.29 Å². The zero-order chi connectivity index (χ0) is 11.1. The third-order valence-corrected chi connectivity index (χ3v) is 2.71. The van der Waals surface area contributed by atoms with Gasteiger partial charge >= 0.3 is 0 Å². The Balaban J connectivity index is 2.17. The molecule has 0 radical (unpaired) electrons. The van der Waals surface area contributed by atoms with Crippen molar-refractivity contribution < 1.29 is 19.3 Å². The fourth-order valence-corrected chi connectivity index (χ4v) is 1.61. The van der Waals surface area contributed by atoms with E-state index >= 15 is 0 Å². The Morgan fingerprint density at radius 3 is 2.47 bits per heavy atom. The fraction of sp³-hybridized carbons (Fsp3) is 1.00. The van der Waals surface area contributed by atoms with Crippen LogP contribution >= 0.6 is 0 Å². The maximum Gasteiger partial charge on any atom is 0.169 e. The Morgan fingerprint density at radius 2 is 1.93 bits per heavy atom. The SMILES string of the molecule is COC(CNCC1(O)CCOCC1)OC. The lowest BCUT2D eigenvalue weighted by Gasteiger charge is -2.32. The van der Waals surface area contributed by atoms with Gasteiger partial charge in [-0.3, -0.25) is 0 Å². The minimum absolute atomic E-state index is 0.256. The molecule has 0 aromatic carbocycles. The quantitative estimate of drug-likeness (QED) is 0.603. The summed E-state index contributed by atoms with van der Waals surface area (Å²) >= 11 is 0. The number of nitrogens with one attached hydrogen (secondary N) is 1. The molecular formula is C10H21NO4. The second-order valence-electron chi connectivity index (χ2n) is 3.87. The van der Waals surface area contributed by atoms with Crippen LogP contribution in [0.25, 0.3) is 0 Å². The first-order valence-electron chi connectivity index (χ1n) is 5.26. The molecule has 0 atom stereocenters. The van der Waals surface area contributed by atoms with E-state index < -0.39 is 5.60 Å². The summed E-state index contributed by atoms with van der Waals surface area (Å²) in [6.07, 6.45) is 1.11. The monoisotopic (exact) mass is 219 g/mol. The molecule has 1 aliphatic heterocycles. The molecule has 0 unspecified atom stereocenters. The van der Waals surface area contributed by atoms with Crippen LogP contribution in [0.4, 0.5) is 0 Å². The van der Waals surface area contributed by atoms with Crippen molar-refractivity contribution in [3.05, 3.63) is 0 Å². The second kappa shape index (κ2) is 6.40. The van der Waals surface area contributed by atoms with Gasteiger partial charge in [0.1, 0.15) is 0 Å². The van der Waals surface area contributed by atoms with Gasteiger partial charge in [-0.15, -0.1) is 0 Å². The highest BCUT2D eigenvalue weighted by Crippen LogP contribution is 2.19. The van der Waals surface area contributed by atoms with Crippen LogP contribution < -0.4 is 5.32 Å². The van der Waals surface area contributed by atoms with Crippen LogP contribution in [0.5, 0.6) is 0 Å². The Hall–Kier alpha value is -0.200. The Kier molecular flexibility index (Phi) is 5.49. The summed E-state index contributed by atoms with van der Waals surface area (Å²) in [6.45, 7) is 2.40. The number of rotatable bonds is 6. The molecule has 0 aromatic heterocycles. The normalized spacial score (nSPS) is 20.8. The van der Waals surface area contributed by atoms with Gasteiger partial charge < -0.3 is 24.6 Å². The summed E-state index contributed by atoms with van der Waals surface area (Å²) in [6, 6.07) is 0. The maximum atomic E-state index is 10.1. The zero-order valence-corrected chi connectivity index (χ0v) is 9.49. The van der Waals surface area contributed by atoms with E-state index in [2.05, 4.69) is 5.32 Å². The minimum atomic E-state index is -0.635. The van der Waals surface area contributed by atoms with Crippen LogP contribution in [0.3, 0.4) is 0 Å². The van der Waals surface area contributed by atoms with Crippen molar-refractivity contribution in [2.75, 3.05) is 40.5 Å². The molecule has 0 aliphatic carbocycles. The first kappa shape index (κ1) is 12.9. The topological polar surface area (TPSA) is 60.0 Å². The number of ether oxygens (including phenoxy) is 3. The van der Waals surface area contributed by atoms with Crippen molar-refractivity contribution >= 4 is 0 Å². The van der Waals surface area contributed by atoms with Crippen LogP contribution in [0.2, 0.25) is 0 Å². The largest absolute Gasteiger partial charge is 0.388 e. The summed E-state index contributed by atoms with van der Waals surface area (Å²) < 4.78 is 15.3. The number of aliphatic hydroxyl groups is 1. The van der Waals surface area contributed by atoms with Crippen molar-refractivity contribution in [1.29, 1.82) is 0 Å². The van der Waals surface area contributed by atoms with Crippen LogP contribution in [-0.4, -0.2) is 57.5 Å². The third kappa shape index (κ3) is 4.44.